The van der Waals surface area contributed by atoms with Gasteiger partial charge in [-0.3, -0.25) is 9.59 Å². The van der Waals surface area contributed by atoms with Crippen molar-refractivity contribution < 1.29 is 18.3 Å². The average Bonchev–Trinajstić information content (AvgIpc) is 2.50. The molecule has 1 aromatic carbocycles. The van der Waals surface area contributed by atoms with E-state index in [-0.39, 0.29) is 23.1 Å². The van der Waals surface area contributed by atoms with Crippen molar-refractivity contribution in [3.8, 4) is 5.75 Å². The van der Waals surface area contributed by atoms with Gasteiger partial charge in [0.05, 0.1) is 13.1 Å². The van der Waals surface area contributed by atoms with Crippen LogP contribution in [0.3, 0.4) is 0 Å². The largest absolute Gasteiger partial charge is 0.486 e. The summed E-state index contributed by atoms with van der Waals surface area (Å²) < 4.78 is 33.3. The molecule has 0 N–H and O–H groups in total. The topological polar surface area (TPSA) is 51.5 Å². The van der Waals surface area contributed by atoms with Gasteiger partial charge in [0, 0.05) is 24.4 Å². The number of rotatable bonds is 3. The standard InChI is InChI=1S/C17H16F2N2O3/c1-10-5-12(7-16(22)20(10)2)24-13-8-21(9-13)17(23)11-3-4-14(18)15(19)6-11/h3-7,13H,8-9H2,1-2H3. The third kappa shape index (κ3) is 3.02. The molecule has 1 saturated heterocycles. The quantitative estimate of drug-likeness (QED) is 0.861. The summed E-state index contributed by atoms with van der Waals surface area (Å²) in [6.07, 6.45) is -0.231. The zero-order chi connectivity index (χ0) is 17.4. The zero-order valence-electron chi connectivity index (χ0n) is 13.3. The Labute approximate surface area is 137 Å². The van der Waals surface area contributed by atoms with Gasteiger partial charge in [0.1, 0.15) is 11.9 Å². The Hall–Kier alpha value is -2.70. The molecule has 0 spiro atoms. The van der Waals surface area contributed by atoms with Crippen LogP contribution in [-0.2, 0) is 7.05 Å². The van der Waals surface area contributed by atoms with E-state index >= 15 is 0 Å². The molecule has 7 heteroatoms. The van der Waals surface area contributed by atoms with Crippen LogP contribution in [0.25, 0.3) is 0 Å². The van der Waals surface area contributed by atoms with Crippen LogP contribution in [0.15, 0.2) is 35.1 Å². The number of carbonyl (C=O) groups excluding carboxylic acids is 1. The summed E-state index contributed by atoms with van der Waals surface area (Å²) in [5.74, 6) is -1.96. The van der Waals surface area contributed by atoms with Crippen LogP contribution >= 0.6 is 0 Å². The molecule has 1 fully saturated rings. The van der Waals surface area contributed by atoms with E-state index in [1.165, 1.54) is 21.6 Å². The Morgan fingerprint density at radius 1 is 1.17 bits per heavy atom. The first-order valence-corrected chi connectivity index (χ1v) is 7.44. The summed E-state index contributed by atoms with van der Waals surface area (Å²) in [6, 6.07) is 6.21. The molecule has 5 nitrogen and oxygen atoms in total. The van der Waals surface area contributed by atoms with Gasteiger partial charge in [-0.25, -0.2) is 8.78 Å². The molecule has 24 heavy (non-hydrogen) atoms. The number of nitrogens with zero attached hydrogens (tertiary/aromatic N) is 2. The molecule has 1 aliphatic heterocycles. The molecular weight excluding hydrogens is 318 g/mol. The van der Waals surface area contributed by atoms with Crippen molar-refractivity contribution in [2.24, 2.45) is 7.05 Å². The molecule has 1 amide bonds. The van der Waals surface area contributed by atoms with E-state index in [1.54, 1.807) is 20.0 Å². The highest BCUT2D eigenvalue weighted by Gasteiger charge is 2.33. The normalized spacial score (nSPS) is 14.4. The second-order valence-electron chi connectivity index (χ2n) is 5.81. The van der Waals surface area contributed by atoms with Gasteiger partial charge in [-0.1, -0.05) is 0 Å². The van der Waals surface area contributed by atoms with Crippen molar-refractivity contribution in [1.29, 1.82) is 0 Å². The first-order chi connectivity index (χ1) is 11.3. The first-order valence-electron chi connectivity index (χ1n) is 7.44. The van der Waals surface area contributed by atoms with Crippen LogP contribution in [0.4, 0.5) is 8.78 Å². The lowest BCUT2D eigenvalue weighted by Crippen LogP contribution is -2.56. The van der Waals surface area contributed by atoms with Gasteiger partial charge in [0.15, 0.2) is 11.6 Å². The molecule has 2 aromatic rings. The van der Waals surface area contributed by atoms with E-state index in [2.05, 4.69) is 0 Å². The van der Waals surface area contributed by atoms with Crippen molar-refractivity contribution in [2.75, 3.05) is 13.1 Å². The number of carbonyl (C=O) groups is 1. The molecule has 0 saturated carbocycles. The molecule has 126 valence electrons. The molecule has 0 atom stereocenters. The van der Waals surface area contributed by atoms with Crippen molar-refractivity contribution in [3.05, 3.63) is 63.6 Å². The van der Waals surface area contributed by atoms with Crippen molar-refractivity contribution >= 4 is 5.91 Å². The number of pyridine rings is 1. The summed E-state index contributed by atoms with van der Waals surface area (Å²) in [5.41, 5.74) is 0.697. The fourth-order valence-corrected chi connectivity index (χ4v) is 2.49. The van der Waals surface area contributed by atoms with Crippen LogP contribution in [0, 0.1) is 18.6 Å². The minimum atomic E-state index is -1.05. The maximum Gasteiger partial charge on any atom is 0.254 e. The molecular formula is C17H16F2N2O3. The number of aryl methyl sites for hydroxylation is 1. The smallest absolute Gasteiger partial charge is 0.254 e. The first kappa shape index (κ1) is 16.2. The molecule has 0 unspecified atom stereocenters. The van der Waals surface area contributed by atoms with Crippen LogP contribution in [-0.4, -0.2) is 34.6 Å². The number of aromatic nitrogens is 1. The van der Waals surface area contributed by atoms with E-state index in [1.807, 2.05) is 0 Å². The molecule has 2 heterocycles. The van der Waals surface area contributed by atoms with Crippen molar-refractivity contribution in [1.82, 2.24) is 9.47 Å². The summed E-state index contributed by atoms with van der Waals surface area (Å²) in [4.78, 5) is 25.4. The van der Waals surface area contributed by atoms with E-state index in [4.69, 9.17) is 4.74 Å². The minimum absolute atomic E-state index is 0.0942. The highest BCUT2D eigenvalue weighted by Crippen LogP contribution is 2.20. The van der Waals surface area contributed by atoms with E-state index in [0.717, 1.165) is 17.8 Å². The molecule has 1 aromatic heterocycles. The third-order valence-corrected chi connectivity index (χ3v) is 4.08. The Morgan fingerprint density at radius 3 is 2.50 bits per heavy atom. The average molecular weight is 334 g/mol. The van der Waals surface area contributed by atoms with Gasteiger partial charge < -0.3 is 14.2 Å². The lowest BCUT2D eigenvalue weighted by atomic mass is 10.1. The maximum atomic E-state index is 13.2. The van der Waals surface area contributed by atoms with Crippen LogP contribution in [0.1, 0.15) is 16.1 Å². The van der Waals surface area contributed by atoms with Gasteiger partial charge in [-0.05, 0) is 31.2 Å². The number of likely N-dealkylation sites (tertiary alicyclic amines) is 1. The number of amides is 1. The predicted octanol–water partition coefficient (Wildman–Crippen LogP) is 1.88. The summed E-state index contributed by atoms with van der Waals surface area (Å²) >= 11 is 0. The summed E-state index contributed by atoms with van der Waals surface area (Å²) in [5, 5.41) is 0. The fraction of sp³-hybridized carbons (Fsp3) is 0.294. The van der Waals surface area contributed by atoms with Gasteiger partial charge in [0.2, 0.25) is 0 Å². The van der Waals surface area contributed by atoms with Crippen LogP contribution < -0.4 is 10.3 Å². The van der Waals surface area contributed by atoms with E-state index < -0.39 is 11.6 Å². The zero-order valence-corrected chi connectivity index (χ0v) is 13.3. The summed E-state index contributed by atoms with van der Waals surface area (Å²) in [7, 11) is 1.67. The molecule has 3 rings (SSSR count). The lowest BCUT2D eigenvalue weighted by molar-refractivity contribution is 0.0176. The van der Waals surface area contributed by atoms with Gasteiger partial charge in [0.25, 0.3) is 11.5 Å². The number of hydrogen-bond acceptors (Lipinski definition) is 3. The second kappa shape index (κ2) is 6.07. The minimum Gasteiger partial charge on any atom is -0.486 e. The Balaban J connectivity index is 1.62. The molecule has 1 aliphatic rings. The van der Waals surface area contributed by atoms with Crippen molar-refractivity contribution in [2.45, 2.75) is 13.0 Å². The molecule has 0 bridgehead atoms. The molecule has 0 radical (unpaired) electrons. The van der Waals surface area contributed by atoms with E-state index in [0.29, 0.717) is 18.8 Å². The van der Waals surface area contributed by atoms with Gasteiger partial charge in [-0.15, -0.1) is 0 Å². The lowest BCUT2D eigenvalue weighted by Gasteiger charge is -2.39. The van der Waals surface area contributed by atoms with Gasteiger partial charge in [-0.2, -0.15) is 0 Å². The third-order valence-electron chi connectivity index (χ3n) is 4.08. The van der Waals surface area contributed by atoms with Crippen LogP contribution in [0.2, 0.25) is 0 Å². The highest BCUT2D eigenvalue weighted by atomic mass is 19.2. The summed E-state index contributed by atoms with van der Waals surface area (Å²) in [6.45, 7) is 2.45. The SMILES string of the molecule is Cc1cc(OC2CN(C(=O)c3ccc(F)c(F)c3)C2)cc(=O)n1C. The van der Waals surface area contributed by atoms with Gasteiger partial charge >= 0.3 is 0 Å². The molecule has 0 aliphatic carbocycles. The monoisotopic (exact) mass is 334 g/mol. The number of ether oxygens (including phenoxy) is 1. The van der Waals surface area contributed by atoms with Crippen molar-refractivity contribution in [3.63, 3.8) is 0 Å². The second-order valence-corrected chi connectivity index (χ2v) is 5.81. The number of hydrogen-bond donors (Lipinski definition) is 0. The Morgan fingerprint density at radius 2 is 1.88 bits per heavy atom. The predicted molar refractivity (Wildman–Crippen MR) is 83.1 cm³/mol. The Bertz CT molecular complexity index is 857. The highest BCUT2D eigenvalue weighted by molar-refractivity contribution is 5.94. The number of halogens is 2. The van der Waals surface area contributed by atoms with E-state index in [9.17, 15) is 18.4 Å². The Kier molecular flexibility index (Phi) is 4.09. The van der Waals surface area contributed by atoms with Crippen LogP contribution in [0.5, 0.6) is 5.75 Å². The maximum absolute atomic E-state index is 13.2. The number of benzene rings is 1. The fourth-order valence-electron chi connectivity index (χ4n) is 2.49.